The first-order valence-corrected chi connectivity index (χ1v) is 7.68. The molecule has 0 aromatic carbocycles. The number of esters is 1. The highest BCUT2D eigenvalue weighted by molar-refractivity contribution is 5.87. The van der Waals surface area contributed by atoms with Crippen LogP contribution in [0.3, 0.4) is 0 Å². The van der Waals surface area contributed by atoms with E-state index in [4.69, 9.17) is 4.74 Å². The minimum Gasteiger partial charge on any atom is -0.465 e. The van der Waals surface area contributed by atoms with Crippen molar-refractivity contribution in [3.8, 4) is 0 Å². The molecular formula is C15H26N2O3. The number of carbonyl (C=O) groups excluding carboxylic acids is 2. The minimum atomic E-state index is -0.352. The van der Waals surface area contributed by atoms with E-state index in [-0.39, 0.29) is 35.8 Å². The van der Waals surface area contributed by atoms with E-state index in [1.54, 1.807) is 11.8 Å². The predicted molar refractivity (Wildman–Crippen MR) is 76.1 cm³/mol. The van der Waals surface area contributed by atoms with Crippen molar-refractivity contribution in [1.29, 1.82) is 0 Å². The van der Waals surface area contributed by atoms with Crippen molar-refractivity contribution >= 4 is 11.9 Å². The number of nitrogens with one attached hydrogen (secondary N) is 1. The molecule has 2 aliphatic rings. The van der Waals surface area contributed by atoms with Gasteiger partial charge in [0.2, 0.25) is 5.91 Å². The average Bonchev–Trinajstić information content (AvgIpc) is 3.11. The van der Waals surface area contributed by atoms with Gasteiger partial charge in [-0.1, -0.05) is 13.8 Å². The summed E-state index contributed by atoms with van der Waals surface area (Å²) in [6.07, 6.45) is 2.87. The van der Waals surface area contributed by atoms with E-state index < -0.39 is 0 Å². The van der Waals surface area contributed by atoms with Gasteiger partial charge in [-0.2, -0.15) is 0 Å². The zero-order valence-corrected chi connectivity index (χ0v) is 12.8. The molecule has 1 aliphatic heterocycles. The van der Waals surface area contributed by atoms with Crippen molar-refractivity contribution < 1.29 is 14.3 Å². The molecule has 1 unspecified atom stereocenters. The lowest BCUT2D eigenvalue weighted by Crippen LogP contribution is -2.50. The second-order valence-electron chi connectivity index (χ2n) is 6.21. The lowest BCUT2D eigenvalue weighted by atomic mass is 9.75. The van der Waals surface area contributed by atoms with Gasteiger partial charge in [-0.25, -0.2) is 0 Å². The van der Waals surface area contributed by atoms with Crippen LogP contribution in [0.5, 0.6) is 0 Å². The van der Waals surface area contributed by atoms with Crippen LogP contribution in [0.4, 0.5) is 0 Å². The molecule has 0 radical (unpaired) electrons. The lowest BCUT2D eigenvalue weighted by molar-refractivity contribution is -0.154. The average molecular weight is 282 g/mol. The number of rotatable bonds is 6. The van der Waals surface area contributed by atoms with Gasteiger partial charge in [0.1, 0.15) is 6.54 Å². The minimum absolute atomic E-state index is 0.103. The fourth-order valence-corrected chi connectivity index (χ4v) is 3.02. The zero-order chi connectivity index (χ0) is 14.8. The van der Waals surface area contributed by atoms with Crippen LogP contribution in [-0.2, 0) is 14.3 Å². The van der Waals surface area contributed by atoms with Crippen molar-refractivity contribution in [1.82, 2.24) is 10.2 Å². The van der Waals surface area contributed by atoms with Gasteiger partial charge in [0.05, 0.1) is 12.0 Å². The third kappa shape index (κ3) is 2.97. The molecule has 1 amide bonds. The van der Waals surface area contributed by atoms with E-state index in [2.05, 4.69) is 19.2 Å². The summed E-state index contributed by atoms with van der Waals surface area (Å²) in [6.45, 7) is 8.05. The van der Waals surface area contributed by atoms with Gasteiger partial charge in [-0.3, -0.25) is 9.59 Å². The summed E-state index contributed by atoms with van der Waals surface area (Å²) >= 11 is 0. The summed E-state index contributed by atoms with van der Waals surface area (Å²) in [5.41, 5.74) is -0.352. The van der Waals surface area contributed by atoms with Gasteiger partial charge in [0, 0.05) is 12.6 Å². The Hall–Kier alpha value is -1.10. The number of carbonyl (C=O) groups is 2. The molecule has 1 heterocycles. The van der Waals surface area contributed by atoms with E-state index >= 15 is 0 Å². The molecule has 2 fully saturated rings. The highest BCUT2D eigenvalue weighted by Gasteiger charge is 2.49. The second kappa shape index (κ2) is 6.12. The smallest absolute Gasteiger partial charge is 0.325 e. The Bertz CT molecular complexity index is 371. The first-order valence-electron chi connectivity index (χ1n) is 7.68. The van der Waals surface area contributed by atoms with Crippen molar-refractivity contribution in [2.45, 2.75) is 46.1 Å². The molecule has 1 N–H and O–H groups in total. The Kier molecular flexibility index (Phi) is 4.68. The Balaban J connectivity index is 2.11. The molecule has 114 valence electrons. The van der Waals surface area contributed by atoms with E-state index in [1.807, 2.05) is 0 Å². The molecule has 2 rings (SSSR count). The largest absolute Gasteiger partial charge is 0.465 e. The van der Waals surface area contributed by atoms with Gasteiger partial charge in [0.15, 0.2) is 0 Å². The van der Waals surface area contributed by atoms with Crippen LogP contribution < -0.4 is 5.32 Å². The van der Waals surface area contributed by atoms with E-state index in [0.29, 0.717) is 6.61 Å². The zero-order valence-electron chi connectivity index (χ0n) is 12.8. The van der Waals surface area contributed by atoms with Crippen molar-refractivity contribution in [3.05, 3.63) is 0 Å². The standard InChI is InChI=1S/C15H26N2O3/c1-4-20-13(18)9-17(12-5-6-12)14(19)15(11(2)3)7-8-16-10-15/h11-12,16H,4-10H2,1-3H3. The van der Waals surface area contributed by atoms with Gasteiger partial charge in [-0.05, 0) is 38.6 Å². The molecular weight excluding hydrogens is 256 g/mol. The Labute approximate surface area is 121 Å². The van der Waals surface area contributed by atoms with Crippen LogP contribution in [-0.4, -0.2) is 49.1 Å². The first kappa shape index (κ1) is 15.3. The van der Waals surface area contributed by atoms with Crippen LogP contribution in [0, 0.1) is 11.3 Å². The molecule has 0 aromatic rings. The van der Waals surface area contributed by atoms with Crippen LogP contribution >= 0.6 is 0 Å². The molecule has 1 atom stereocenters. The third-order valence-electron chi connectivity index (χ3n) is 4.57. The highest BCUT2D eigenvalue weighted by Crippen LogP contribution is 2.39. The first-order chi connectivity index (χ1) is 9.51. The van der Waals surface area contributed by atoms with Crippen LogP contribution in [0.1, 0.15) is 40.0 Å². The maximum Gasteiger partial charge on any atom is 0.325 e. The van der Waals surface area contributed by atoms with Crippen LogP contribution in [0.2, 0.25) is 0 Å². The summed E-state index contributed by atoms with van der Waals surface area (Å²) in [5.74, 6) is 0.110. The van der Waals surface area contributed by atoms with Crippen molar-refractivity contribution in [2.75, 3.05) is 26.2 Å². The molecule has 0 spiro atoms. The van der Waals surface area contributed by atoms with Crippen molar-refractivity contribution in [2.24, 2.45) is 11.3 Å². The van der Waals surface area contributed by atoms with Gasteiger partial charge in [-0.15, -0.1) is 0 Å². The van der Waals surface area contributed by atoms with Gasteiger partial charge < -0.3 is 15.0 Å². The molecule has 1 aliphatic carbocycles. The summed E-state index contributed by atoms with van der Waals surface area (Å²) in [5, 5.41) is 3.30. The fourth-order valence-electron chi connectivity index (χ4n) is 3.02. The highest BCUT2D eigenvalue weighted by atomic mass is 16.5. The second-order valence-corrected chi connectivity index (χ2v) is 6.21. The fraction of sp³-hybridized carbons (Fsp3) is 0.867. The van der Waals surface area contributed by atoms with E-state index in [9.17, 15) is 9.59 Å². The number of hydrogen-bond donors (Lipinski definition) is 1. The third-order valence-corrected chi connectivity index (χ3v) is 4.57. The number of amides is 1. The summed E-state index contributed by atoms with van der Waals surface area (Å²) in [4.78, 5) is 26.5. The summed E-state index contributed by atoms with van der Waals surface area (Å²) < 4.78 is 5.01. The molecule has 5 nitrogen and oxygen atoms in total. The Morgan fingerprint density at radius 1 is 1.40 bits per heavy atom. The van der Waals surface area contributed by atoms with E-state index in [1.165, 1.54) is 0 Å². The normalized spacial score (nSPS) is 25.8. The molecule has 5 heteroatoms. The van der Waals surface area contributed by atoms with Gasteiger partial charge in [0.25, 0.3) is 0 Å². The lowest BCUT2D eigenvalue weighted by Gasteiger charge is -2.36. The van der Waals surface area contributed by atoms with E-state index in [0.717, 1.165) is 32.4 Å². The monoisotopic (exact) mass is 282 g/mol. The topological polar surface area (TPSA) is 58.6 Å². The molecule has 0 aromatic heterocycles. The summed E-state index contributed by atoms with van der Waals surface area (Å²) in [7, 11) is 0. The molecule has 1 saturated carbocycles. The molecule has 20 heavy (non-hydrogen) atoms. The maximum atomic E-state index is 13.0. The number of ether oxygens (including phenoxy) is 1. The summed E-state index contributed by atoms with van der Waals surface area (Å²) in [6, 6.07) is 0.239. The SMILES string of the molecule is CCOC(=O)CN(C(=O)C1(C(C)C)CCNC1)C1CC1. The Morgan fingerprint density at radius 3 is 2.55 bits per heavy atom. The van der Waals surface area contributed by atoms with Crippen molar-refractivity contribution in [3.63, 3.8) is 0 Å². The van der Waals surface area contributed by atoms with Gasteiger partial charge >= 0.3 is 5.97 Å². The molecule has 1 saturated heterocycles. The number of hydrogen-bond acceptors (Lipinski definition) is 4. The number of nitrogens with zero attached hydrogens (tertiary/aromatic N) is 1. The van der Waals surface area contributed by atoms with Crippen LogP contribution in [0.25, 0.3) is 0 Å². The maximum absolute atomic E-state index is 13.0. The predicted octanol–water partition coefficient (Wildman–Crippen LogP) is 1.18. The van der Waals surface area contributed by atoms with Crippen LogP contribution in [0.15, 0.2) is 0 Å². The molecule has 0 bridgehead atoms. The Morgan fingerprint density at radius 2 is 2.10 bits per heavy atom. The quantitative estimate of drug-likeness (QED) is 0.743.